The third kappa shape index (κ3) is 4.78. The molecule has 0 aromatic heterocycles. The Morgan fingerprint density at radius 2 is 1.89 bits per heavy atom. The van der Waals surface area contributed by atoms with Crippen molar-refractivity contribution in [2.24, 2.45) is 5.73 Å². The molecule has 2 N–H and O–H groups in total. The van der Waals surface area contributed by atoms with Crippen LogP contribution in [0.3, 0.4) is 0 Å². The van der Waals surface area contributed by atoms with E-state index in [1.54, 1.807) is 14.2 Å². The van der Waals surface area contributed by atoms with E-state index in [0.717, 1.165) is 17.8 Å². The molecular weight excluding hydrogens is 260 g/mol. The summed E-state index contributed by atoms with van der Waals surface area (Å²) in [5.41, 5.74) is 7.60. The molecule has 0 saturated carbocycles. The van der Waals surface area contributed by atoms with Crippen LogP contribution in [-0.4, -0.2) is 45.0 Å². The standard InChI is InChI=1S/C14H22N2O2S/c1-11(10-18-3)16(8-9-17-2)13-6-4-12(5-7-13)14(15)19/h4-7,11H,8-10H2,1-3H3,(H2,15,19). The van der Waals surface area contributed by atoms with Crippen LogP contribution in [0.5, 0.6) is 0 Å². The SMILES string of the molecule is COCCN(c1ccc(C(N)=S)cc1)C(C)COC. The first kappa shape index (κ1) is 15.9. The lowest BCUT2D eigenvalue weighted by Gasteiger charge is -2.31. The van der Waals surface area contributed by atoms with Crippen molar-refractivity contribution in [3.8, 4) is 0 Å². The normalized spacial score (nSPS) is 12.2. The molecule has 0 radical (unpaired) electrons. The van der Waals surface area contributed by atoms with Crippen LogP contribution in [0.15, 0.2) is 24.3 Å². The summed E-state index contributed by atoms with van der Waals surface area (Å²) in [6.45, 7) is 4.28. The van der Waals surface area contributed by atoms with Crippen LogP contribution in [0.25, 0.3) is 0 Å². The highest BCUT2D eigenvalue weighted by atomic mass is 32.1. The summed E-state index contributed by atoms with van der Waals surface area (Å²) < 4.78 is 10.4. The van der Waals surface area contributed by atoms with Crippen LogP contribution < -0.4 is 10.6 Å². The summed E-state index contributed by atoms with van der Waals surface area (Å²) in [4.78, 5) is 2.66. The first-order chi connectivity index (χ1) is 9.10. The first-order valence-electron chi connectivity index (χ1n) is 6.24. The summed E-state index contributed by atoms with van der Waals surface area (Å²) in [6.07, 6.45) is 0. The van der Waals surface area contributed by atoms with E-state index >= 15 is 0 Å². The van der Waals surface area contributed by atoms with Crippen LogP contribution in [0.1, 0.15) is 12.5 Å². The Hall–Kier alpha value is -1.17. The zero-order valence-corrected chi connectivity index (χ0v) is 12.6. The molecule has 0 fully saturated rings. The molecule has 5 heteroatoms. The number of hydrogen-bond acceptors (Lipinski definition) is 4. The van der Waals surface area contributed by atoms with Crippen LogP contribution >= 0.6 is 12.2 Å². The van der Waals surface area contributed by atoms with Crippen molar-refractivity contribution in [2.45, 2.75) is 13.0 Å². The van der Waals surface area contributed by atoms with Gasteiger partial charge in [0.05, 0.1) is 13.2 Å². The molecular formula is C14H22N2O2S. The largest absolute Gasteiger partial charge is 0.389 e. The Morgan fingerprint density at radius 3 is 2.37 bits per heavy atom. The van der Waals surface area contributed by atoms with Crippen molar-refractivity contribution in [2.75, 3.05) is 38.9 Å². The highest BCUT2D eigenvalue weighted by molar-refractivity contribution is 7.80. The van der Waals surface area contributed by atoms with Crippen LogP contribution in [0.2, 0.25) is 0 Å². The molecule has 0 aliphatic rings. The fourth-order valence-electron chi connectivity index (χ4n) is 1.94. The van der Waals surface area contributed by atoms with Crippen LogP contribution in [0.4, 0.5) is 5.69 Å². The summed E-state index contributed by atoms with van der Waals surface area (Å²) >= 11 is 4.96. The minimum Gasteiger partial charge on any atom is -0.389 e. The number of ether oxygens (including phenoxy) is 2. The number of thiocarbonyl (C=S) groups is 1. The van der Waals surface area contributed by atoms with Crippen LogP contribution in [-0.2, 0) is 9.47 Å². The summed E-state index contributed by atoms with van der Waals surface area (Å²) in [7, 11) is 3.41. The fraction of sp³-hybridized carbons (Fsp3) is 0.500. The van der Waals surface area contributed by atoms with Crippen molar-refractivity contribution in [1.82, 2.24) is 0 Å². The second kappa shape index (κ2) is 8.09. The summed E-state index contributed by atoms with van der Waals surface area (Å²) in [6, 6.07) is 8.21. The average Bonchev–Trinajstić information content (AvgIpc) is 2.40. The van der Waals surface area contributed by atoms with Gasteiger partial charge < -0.3 is 20.1 Å². The number of anilines is 1. The fourth-order valence-corrected chi connectivity index (χ4v) is 2.08. The van der Waals surface area contributed by atoms with Crippen molar-refractivity contribution >= 4 is 22.9 Å². The molecule has 1 aromatic carbocycles. The minimum atomic E-state index is 0.274. The Balaban J connectivity index is 2.86. The maximum Gasteiger partial charge on any atom is 0.103 e. The van der Waals surface area contributed by atoms with Crippen molar-refractivity contribution in [1.29, 1.82) is 0 Å². The maximum absolute atomic E-state index is 5.61. The highest BCUT2D eigenvalue weighted by Crippen LogP contribution is 2.18. The van der Waals surface area contributed by atoms with Gasteiger partial charge >= 0.3 is 0 Å². The summed E-state index contributed by atoms with van der Waals surface area (Å²) in [5.74, 6) is 0. The molecule has 1 unspecified atom stereocenters. The van der Waals surface area contributed by atoms with Gasteiger partial charge in [0.15, 0.2) is 0 Å². The number of nitrogens with two attached hydrogens (primary N) is 1. The lowest BCUT2D eigenvalue weighted by atomic mass is 10.1. The second-order valence-electron chi connectivity index (χ2n) is 4.40. The van der Waals surface area contributed by atoms with Gasteiger partial charge in [0, 0.05) is 38.1 Å². The Bertz CT molecular complexity index is 395. The van der Waals surface area contributed by atoms with Gasteiger partial charge in [0.2, 0.25) is 0 Å². The monoisotopic (exact) mass is 282 g/mol. The molecule has 1 aromatic rings. The Labute approximate surface area is 120 Å². The zero-order chi connectivity index (χ0) is 14.3. The van der Waals surface area contributed by atoms with E-state index in [1.807, 2.05) is 24.3 Å². The van der Waals surface area contributed by atoms with Gasteiger partial charge in [-0.25, -0.2) is 0 Å². The molecule has 0 heterocycles. The molecule has 0 aliphatic heterocycles. The quantitative estimate of drug-likeness (QED) is 0.737. The van der Waals surface area contributed by atoms with E-state index in [2.05, 4.69) is 11.8 Å². The predicted octanol–water partition coefficient (Wildman–Crippen LogP) is 1.81. The lowest BCUT2D eigenvalue weighted by molar-refractivity contribution is 0.171. The van der Waals surface area contributed by atoms with E-state index in [4.69, 9.17) is 27.4 Å². The van der Waals surface area contributed by atoms with E-state index in [9.17, 15) is 0 Å². The predicted molar refractivity (Wildman–Crippen MR) is 82.9 cm³/mol. The number of benzene rings is 1. The van der Waals surface area contributed by atoms with Gasteiger partial charge in [-0.05, 0) is 31.2 Å². The van der Waals surface area contributed by atoms with E-state index in [0.29, 0.717) is 18.2 Å². The van der Waals surface area contributed by atoms with Crippen molar-refractivity contribution in [3.63, 3.8) is 0 Å². The number of nitrogens with zero attached hydrogens (tertiary/aromatic N) is 1. The molecule has 0 spiro atoms. The molecule has 0 aliphatic carbocycles. The first-order valence-corrected chi connectivity index (χ1v) is 6.65. The number of methoxy groups -OCH3 is 2. The van der Waals surface area contributed by atoms with E-state index < -0.39 is 0 Å². The minimum absolute atomic E-state index is 0.274. The van der Waals surface area contributed by atoms with E-state index in [1.165, 1.54) is 0 Å². The van der Waals surface area contributed by atoms with Gasteiger partial charge in [0.25, 0.3) is 0 Å². The van der Waals surface area contributed by atoms with Gasteiger partial charge in [-0.3, -0.25) is 0 Å². The molecule has 19 heavy (non-hydrogen) atoms. The van der Waals surface area contributed by atoms with Crippen LogP contribution in [0, 0.1) is 0 Å². The molecule has 4 nitrogen and oxygen atoms in total. The lowest BCUT2D eigenvalue weighted by Crippen LogP contribution is -2.38. The molecule has 0 amide bonds. The second-order valence-corrected chi connectivity index (χ2v) is 4.84. The van der Waals surface area contributed by atoms with Crippen molar-refractivity contribution in [3.05, 3.63) is 29.8 Å². The maximum atomic E-state index is 5.61. The number of rotatable bonds is 8. The molecule has 1 atom stereocenters. The smallest absolute Gasteiger partial charge is 0.103 e. The molecule has 1 rings (SSSR count). The van der Waals surface area contributed by atoms with Gasteiger partial charge in [-0.1, -0.05) is 12.2 Å². The Morgan fingerprint density at radius 1 is 1.26 bits per heavy atom. The molecule has 0 bridgehead atoms. The third-order valence-corrected chi connectivity index (χ3v) is 3.20. The topological polar surface area (TPSA) is 47.7 Å². The number of hydrogen-bond donors (Lipinski definition) is 1. The zero-order valence-electron chi connectivity index (χ0n) is 11.8. The molecule has 106 valence electrons. The van der Waals surface area contributed by atoms with Gasteiger partial charge in [-0.15, -0.1) is 0 Å². The van der Waals surface area contributed by atoms with Crippen molar-refractivity contribution < 1.29 is 9.47 Å². The molecule has 0 saturated heterocycles. The highest BCUT2D eigenvalue weighted by Gasteiger charge is 2.14. The van der Waals surface area contributed by atoms with Gasteiger partial charge in [0.1, 0.15) is 4.99 Å². The van der Waals surface area contributed by atoms with Gasteiger partial charge in [-0.2, -0.15) is 0 Å². The average molecular weight is 282 g/mol. The summed E-state index contributed by atoms with van der Waals surface area (Å²) in [5, 5.41) is 0. The Kier molecular flexibility index (Phi) is 6.77. The van der Waals surface area contributed by atoms with E-state index in [-0.39, 0.29) is 6.04 Å². The third-order valence-electron chi connectivity index (χ3n) is 2.96.